The van der Waals surface area contributed by atoms with Crippen LogP contribution in [0.3, 0.4) is 0 Å². The second-order valence-corrected chi connectivity index (χ2v) is 2.06. The second kappa shape index (κ2) is 2.14. The molecule has 6 heteroatoms. The highest BCUT2D eigenvalue weighted by molar-refractivity contribution is 5.23. The first-order valence-corrected chi connectivity index (χ1v) is 2.77. The van der Waals surface area contributed by atoms with Crippen molar-refractivity contribution in [3.8, 4) is 0 Å². The highest BCUT2D eigenvalue weighted by atomic mass is 19.4. The van der Waals surface area contributed by atoms with Gasteiger partial charge in [-0.2, -0.15) is 13.2 Å². The van der Waals surface area contributed by atoms with Gasteiger partial charge in [0.1, 0.15) is 5.69 Å². The summed E-state index contributed by atoms with van der Waals surface area (Å²) in [7, 11) is 1.21. The third-order valence-electron chi connectivity index (χ3n) is 1.31. The Labute approximate surface area is 60.6 Å². The summed E-state index contributed by atoms with van der Waals surface area (Å²) in [5.74, 6) is -0.141. The monoisotopic (exact) mass is 165 g/mol. The summed E-state index contributed by atoms with van der Waals surface area (Å²) in [5, 5.41) is 0. The van der Waals surface area contributed by atoms with Crippen LogP contribution in [0.15, 0.2) is 6.20 Å². The summed E-state index contributed by atoms with van der Waals surface area (Å²) in [6.07, 6.45) is -3.67. The third kappa shape index (κ3) is 1.28. The molecule has 11 heavy (non-hydrogen) atoms. The van der Waals surface area contributed by atoms with E-state index in [0.29, 0.717) is 6.20 Å². The minimum atomic E-state index is -4.38. The molecule has 0 saturated carbocycles. The summed E-state index contributed by atoms with van der Waals surface area (Å²) < 4.78 is 36.6. The van der Waals surface area contributed by atoms with E-state index in [2.05, 4.69) is 4.98 Å². The van der Waals surface area contributed by atoms with Crippen molar-refractivity contribution < 1.29 is 13.2 Å². The van der Waals surface area contributed by atoms with Gasteiger partial charge >= 0.3 is 6.18 Å². The van der Waals surface area contributed by atoms with Gasteiger partial charge in [-0.1, -0.05) is 0 Å². The molecule has 0 fully saturated rings. The highest BCUT2D eigenvalue weighted by Gasteiger charge is 2.34. The molecule has 0 aliphatic carbocycles. The Hall–Kier alpha value is -1.20. The average molecular weight is 165 g/mol. The van der Waals surface area contributed by atoms with Gasteiger partial charge in [0.05, 0.1) is 6.20 Å². The molecule has 0 aliphatic heterocycles. The van der Waals surface area contributed by atoms with Gasteiger partial charge < -0.3 is 10.3 Å². The van der Waals surface area contributed by atoms with Crippen molar-refractivity contribution in [3.63, 3.8) is 0 Å². The summed E-state index contributed by atoms with van der Waals surface area (Å²) in [6, 6.07) is 0. The number of anilines is 1. The number of halogens is 3. The fourth-order valence-corrected chi connectivity index (χ4v) is 0.687. The predicted octanol–water partition coefficient (Wildman–Crippen LogP) is 1.02. The lowest BCUT2D eigenvalue weighted by atomic mass is 10.5. The van der Waals surface area contributed by atoms with Crippen molar-refractivity contribution in [3.05, 3.63) is 11.9 Å². The quantitative estimate of drug-likeness (QED) is 0.623. The minimum Gasteiger partial charge on any atom is -0.369 e. The number of nitrogens with zero attached hydrogens (tertiary/aromatic N) is 2. The molecule has 0 amide bonds. The zero-order valence-corrected chi connectivity index (χ0v) is 5.68. The Morgan fingerprint density at radius 3 is 2.27 bits per heavy atom. The van der Waals surface area contributed by atoms with Crippen molar-refractivity contribution in [1.29, 1.82) is 0 Å². The second-order valence-electron chi connectivity index (χ2n) is 2.06. The van der Waals surface area contributed by atoms with E-state index in [-0.39, 0.29) is 5.95 Å². The molecule has 2 N–H and O–H groups in total. The largest absolute Gasteiger partial charge is 0.433 e. The Bertz CT molecular complexity index is 262. The number of alkyl halides is 3. The lowest BCUT2D eigenvalue weighted by Crippen LogP contribution is -2.11. The van der Waals surface area contributed by atoms with Crippen molar-refractivity contribution in [2.45, 2.75) is 6.18 Å². The number of imidazole rings is 1. The zero-order chi connectivity index (χ0) is 8.65. The topological polar surface area (TPSA) is 43.8 Å². The SMILES string of the molecule is Cn1c(C(F)(F)F)cnc1N. The summed E-state index contributed by atoms with van der Waals surface area (Å²) in [5.41, 5.74) is 4.25. The average Bonchev–Trinajstić information content (AvgIpc) is 2.11. The van der Waals surface area contributed by atoms with E-state index in [4.69, 9.17) is 5.73 Å². The van der Waals surface area contributed by atoms with Gasteiger partial charge in [0.15, 0.2) is 5.95 Å². The molecule has 0 bridgehead atoms. The van der Waals surface area contributed by atoms with Crippen LogP contribution in [-0.2, 0) is 13.2 Å². The van der Waals surface area contributed by atoms with Gasteiger partial charge in [-0.15, -0.1) is 0 Å². The first kappa shape index (κ1) is 7.90. The predicted molar refractivity (Wildman–Crippen MR) is 32.6 cm³/mol. The van der Waals surface area contributed by atoms with Crippen LogP contribution in [0.5, 0.6) is 0 Å². The number of nitrogens with two attached hydrogens (primary N) is 1. The van der Waals surface area contributed by atoms with Gasteiger partial charge in [0.25, 0.3) is 0 Å². The molecule has 1 rings (SSSR count). The molecule has 0 saturated heterocycles. The number of nitrogen functional groups attached to an aromatic ring is 1. The lowest BCUT2D eigenvalue weighted by molar-refractivity contribution is -0.143. The van der Waals surface area contributed by atoms with Crippen LogP contribution in [0, 0.1) is 0 Å². The first-order chi connectivity index (χ1) is 4.93. The van der Waals surface area contributed by atoms with E-state index in [1.807, 2.05) is 0 Å². The zero-order valence-electron chi connectivity index (χ0n) is 5.68. The molecule has 1 heterocycles. The smallest absolute Gasteiger partial charge is 0.369 e. The fraction of sp³-hybridized carbons (Fsp3) is 0.400. The molecule has 0 aliphatic rings. The van der Waals surface area contributed by atoms with Crippen LogP contribution in [0.1, 0.15) is 5.69 Å². The molecule has 62 valence electrons. The molecular formula is C5H6F3N3. The van der Waals surface area contributed by atoms with E-state index in [0.717, 1.165) is 4.57 Å². The number of hydrogen-bond donors (Lipinski definition) is 1. The van der Waals surface area contributed by atoms with Crippen LogP contribution in [0.2, 0.25) is 0 Å². The maximum Gasteiger partial charge on any atom is 0.433 e. The van der Waals surface area contributed by atoms with E-state index in [1.54, 1.807) is 0 Å². The van der Waals surface area contributed by atoms with E-state index in [1.165, 1.54) is 7.05 Å². The van der Waals surface area contributed by atoms with E-state index in [9.17, 15) is 13.2 Å². The summed E-state index contributed by atoms with van der Waals surface area (Å²) in [4.78, 5) is 3.30. The minimum absolute atomic E-state index is 0.141. The van der Waals surface area contributed by atoms with E-state index >= 15 is 0 Å². The van der Waals surface area contributed by atoms with Gasteiger partial charge in [-0.3, -0.25) is 0 Å². The number of hydrogen-bond acceptors (Lipinski definition) is 2. The lowest BCUT2D eigenvalue weighted by Gasteiger charge is -2.05. The normalized spacial score (nSPS) is 12.0. The molecule has 0 unspecified atom stereocenters. The molecule has 0 radical (unpaired) electrons. The highest BCUT2D eigenvalue weighted by Crippen LogP contribution is 2.29. The van der Waals surface area contributed by atoms with Crippen LogP contribution >= 0.6 is 0 Å². The Morgan fingerprint density at radius 1 is 1.55 bits per heavy atom. The summed E-state index contributed by atoms with van der Waals surface area (Å²) >= 11 is 0. The maximum atomic E-state index is 11.9. The molecular weight excluding hydrogens is 159 g/mol. The van der Waals surface area contributed by atoms with Crippen molar-refractivity contribution in [2.75, 3.05) is 5.73 Å². The Balaban J connectivity index is 3.15. The standard InChI is InChI=1S/C5H6F3N3/c1-11-3(5(6,7)8)2-10-4(11)9/h2H,1H3,(H2,9,10). The molecule has 1 aromatic heterocycles. The van der Waals surface area contributed by atoms with Crippen LogP contribution < -0.4 is 5.73 Å². The Kier molecular flexibility index (Phi) is 1.54. The van der Waals surface area contributed by atoms with Crippen molar-refractivity contribution >= 4 is 5.95 Å². The Morgan fingerprint density at radius 2 is 2.09 bits per heavy atom. The molecule has 1 aromatic rings. The van der Waals surface area contributed by atoms with Gasteiger partial charge in [-0.05, 0) is 0 Å². The van der Waals surface area contributed by atoms with Crippen LogP contribution in [-0.4, -0.2) is 9.55 Å². The number of aromatic nitrogens is 2. The van der Waals surface area contributed by atoms with Crippen LogP contribution in [0.25, 0.3) is 0 Å². The van der Waals surface area contributed by atoms with Crippen LogP contribution in [0.4, 0.5) is 19.1 Å². The molecule has 0 aromatic carbocycles. The van der Waals surface area contributed by atoms with Crippen molar-refractivity contribution in [2.24, 2.45) is 7.05 Å². The molecule has 0 atom stereocenters. The van der Waals surface area contributed by atoms with Gasteiger partial charge in [0.2, 0.25) is 0 Å². The van der Waals surface area contributed by atoms with Gasteiger partial charge in [0, 0.05) is 7.05 Å². The maximum absolute atomic E-state index is 11.9. The van der Waals surface area contributed by atoms with Crippen molar-refractivity contribution in [1.82, 2.24) is 9.55 Å². The number of rotatable bonds is 0. The molecule has 3 nitrogen and oxygen atoms in total. The third-order valence-corrected chi connectivity index (χ3v) is 1.31. The molecule has 0 spiro atoms. The van der Waals surface area contributed by atoms with Gasteiger partial charge in [-0.25, -0.2) is 4.98 Å². The fourth-order valence-electron chi connectivity index (χ4n) is 0.687. The first-order valence-electron chi connectivity index (χ1n) is 2.77. The van der Waals surface area contributed by atoms with E-state index < -0.39 is 11.9 Å². The summed E-state index contributed by atoms with van der Waals surface area (Å²) in [6.45, 7) is 0.